The lowest BCUT2D eigenvalue weighted by Gasteiger charge is -2.16. The number of hydrogen-bond acceptors (Lipinski definition) is 5. The van der Waals surface area contributed by atoms with Crippen LogP contribution in [0.3, 0.4) is 0 Å². The van der Waals surface area contributed by atoms with Gasteiger partial charge in [-0.15, -0.1) is 0 Å². The number of phenols is 1. The van der Waals surface area contributed by atoms with Crippen LogP contribution in [0.15, 0.2) is 52.9 Å². The number of benzene rings is 2. The lowest BCUT2D eigenvalue weighted by Crippen LogP contribution is -2.12. The highest BCUT2D eigenvalue weighted by atomic mass is 16.5. The van der Waals surface area contributed by atoms with Crippen LogP contribution in [0.4, 0.5) is 0 Å². The third-order valence-corrected chi connectivity index (χ3v) is 7.11. The summed E-state index contributed by atoms with van der Waals surface area (Å²) in [5.74, 6) is 2.78. The molecule has 1 aliphatic carbocycles. The van der Waals surface area contributed by atoms with E-state index in [0.717, 1.165) is 48.3 Å². The second-order valence-electron chi connectivity index (χ2n) is 9.58. The van der Waals surface area contributed by atoms with Crippen molar-refractivity contribution in [3.05, 3.63) is 59.9 Å². The van der Waals surface area contributed by atoms with E-state index in [9.17, 15) is 5.11 Å². The van der Waals surface area contributed by atoms with Crippen LogP contribution < -0.4 is 4.74 Å². The fraction of sp³-hybridized carbons (Fsp3) is 0.400. The third kappa shape index (κ3) is 5.04. The second-order valence-corrected chi connectivity index (χ2v) is 9.58. The fourth-order valence-corrected chi connectivity index (χ4v) is 4.95. The van der Waals surface area contributed by atoms with E-state index in [1.807, 2.05) is 30.3 Å². The minimum atomic E-state index is 0.157. The van der Waals surface area contributed by atoms with Gasteiger partial charge in [0.05, 0.1) is 17.9 Å². The first-order valence-electron chi connectivity index (χ1n) is 13.0. The molecule has 0 amide bonds. The van der Waals surface area contributed by atoms with Crippen LogP contribution in [0.25, 0.3) is 33.6 Å². The molecule has 1 N–H and O–H groups in total. The summed E-state index contributed by atoms with van der Waals surface area (Å²) < 4.78 is 12.4. The number of aromatic hydroxyl groups is 1. The molecule has 0 spiro atoms. The summed E-state index contributed by atoms with van der Waals surface area (Å²) in [6.45, 7) is 5.06. The minimum absolute atomic E-state index is 0.157. The Kier molecular flexibility index (Phi) is 7.03. The summed E-state index contributed by atoms with van der Waals surface area (Å²) in [5, 5.41) is 11.7. The van der Waals surface area contributed by atoms with Gasteiger partial charge in [0.15, 0.2) is 5.82 Å². The molecule has 2 heterocycles. The van der Waals surface area contributed by atoms with Crippen molar-refractivity contribution in [2.45, 2.75) is 65.2 Å². The van der Waals surface area contributed by atoms with Crippen molar-refractivity contribution in [3.63, 3.8) is 0 Å². The minimum Gasteiger partial charge on any atom is -0.507 e. The normalized spacial score (nSPS) is 14.1. The smallest absolute Gasteiger partial charge is 0.217 e. The van der Waals surface area contributed by atoms with Crippen LogP contribution in [0.5, 0.6) is 11.6 Å². The van der Waals surface area contributed by atoms with Crippen LogP contribution in [0.1, 0.15) is 63.7 Å². The highest BCUT2D eigenvalue weighted by molar-refractivity contribution is 5.87. The van der Waals surface area contributed by atoms with Crippen LogP contribution in [0.2, 0.25) is 0 Å². The number of para-hydroxylation sites is 1. The Morgan fingerprint density at radius 3 is 2.71 bits per heavy atom. The molecule has 5 nitrogen and oxygen atoms in total. The van der Waals surface area contributed by atoms with Crippen LogP contribution in [-0.4, -0.2) is 21.7 Å². The number of aryl methyl sites for hydroxylation is 2. The predicted octanol–water partition coefficient (Wildman–Crippen LogP) is 7.74. The molecular weight excluding hydrogens is 436 g/mol. The fourth-order valence-electron chi connectivity index (χ4n) is 4.95. The van der Waals surface area contributed by atoms with Crippen molar-refractivity contribution in [3.8, 4) is 34.3 Å². The summed E-state index contributed by atoms with van der Waals surface area (Å²) >= 11 is 0. The Hall–Kier alpha value is -3.34. The number of rotatable bonds is 9. The van der Waals surface area contributed by atoms with E-state index in [0.29, 0.717) is 29.8 Å². The van der Waals surface area contributed by atoms with E-state index in [2.05, 4.69) is 24.9 Å². The van der Waals surface area contributed by atoms with Crippen molar-refractivity contribution < 1.29 is 14.3 Å². The Bertz CT molecular complexity index is 1310. The van der Waals surface area contributed by atoms with Gasteiger partial charge in [-0.25, -0.2) is 4.98 Å². The van der Waals surface area contributed by atoms with Gasteiger partial charge in [-0.05, 0) is 61.9 Å². The topological polar surface area (TPSA) is 68.4 Å². The van der Waals surface area contributed by atoms with Gasteiger partial charge in [0, 0.05) is 29.0 Å². The average molecular weight is 471 g/mol. The van der Waals surface area contributed by atoms with Gasteiger partial charge in [0.1, 0.15) is 17.1 Å². The molecule has 5 heteroatoms. The van der Waals surface area contributed by atoms with E-state index >= 15 is 0 Å². The first-order chi connectivity index (χ1) is 17.2. The molecule has 0 saturated heterocycles. The number of fused-ring (bicyclic) bond motifs is 3. The zero-order valence-electron chi connectivity index (χ0n) is 20.7. The van der Waals surface area contributed by atoms with Gasteiger partial charge >= 0.3 is 0 Å². The van der Waals surface area contributed by atoms with Crippen LogP contribution in [0, 0.1) is 5.92 Å². The van der Waals surface area contributed by atoms with E-state index in [-0.39, 0.29) is 5.75 Å². The van der Waals surface area contributed by atoms with Crippen LogP contribution >= 0.6 is 0 Å². The number of hydrogen-bond donors (Lipinski definition) is 1. The molecule has 2 aromatic carbocycles. The van der Waals surface area contributed by atoms with E-state index in [1.54, 1.807) is 12.1 Å². The number of nitrogens with zero attached hydrogens (tertiary/aromatic N) is 2. The van der Waals surface area contributed by atoms with Gasteiger partial charge in [-0.1, -0.05) is 45.2 Å². The van der Waals surface area contributed by atoms with Crippen molar-refractivity contribution in [2.24, 2.45) is 5.92 Å². The molecule has 0 radical (unpaired) electrons. The molecule has 182 valence electrons. The number of unbranched alkanes of at least 4 members (excludes halogenated alkanes) is 1. The monoisotopic (exact) mass is 470 g/mol. The summed E-state index contributed by atoms with van der Waals surface area (Å²) in [7, 11) is 0. The summed E-state index contributed by atoms with van der Waals surface area (Å²) in [6.07, 6.45) is 9.08. The molecule has 0 saturated carbocycles. The Labute approximate surface area is 207 Å². The molecule has 0 aliphatic heterocycles. The van der Waals surface area contributed by atoms with E-state index in [4.69, 9.17) is 14.1 Å². The highest BCUT2D eigenvalue weighted by Gasteiger charge is 2.19. The maximum Gasteiger partial charge on any atom is 0.217 e. The van der Waals surface area contributed by atoms with Gasteiger partial charge in [0.2, 0.25) is 5.88 Å². The van der Waals surface area contributed by atoms with Gasteiger partial charge < -0.3 is 14.3 Å². The molecule has 1 unspecified atom stereocenters. The molecule has 2 aromatic heterocycles. The Morgan fingerprint density at radius 2 is 1.89 bits per heavy atom. The van der Waals surface area contributed by atoms with Crippen molar-refractivity contribution in [1.29, 1.82) is 0 Å². The molecule has 0 fully saturated rings. The van der Waals surface area contributed by atoms with Gasteiger partial charge in [0.25, 0.3) is 0 Å². The zero-order valence-corrected chi connectivity index (χ0v) is 20.7. The highest BCUT2D eigenvalue weighted by Crippen LogP contribution is 2.36. The first-order valence-corrected chi connectivity index (χ1v) is 13.0. The molecule has 0 bridgehead atoms. The molecule has 1 aliphatic rings. The third-order valence-electron chi connectivity index (χ3n) is 7.11. The zero-order chi connectivity index (χ0) is 24.2. The van der Waals surface area contributed by atoms with Crippen LogP contribution in [-0.2, 0) is 12.8 Å². The van der Waals surface area contributed by atoms with E-state index < -0.39 is 0 Å². The maximum absolute atomic E-state index is 10.5. The maximum atomic E-state index is 10.5. The predicted molar refractivity (Wildman–Crippen MR) is 140 cm³/mol. The van der Waals surface area contributed by atoms with Crippen molar-refractivity contribution in [2.75, 3.05) is 6.61 Å². The largest absolute Gasteiger partial charge is 0.507 e. The number of aromatic nitrogens is 2. The molecule has 1 atom stereocenters. The first kappa shape index (κ1) is 23.4. The summed E-state index contributed by atoms with van der Waals surface area (Å²) in [6, 6.07) is 15.4. The lowest BCUT2D eigenvalue weighted by molar-refractivity contribution is 0.226. The summed E-state index contributed by atoms with van der Waals surface area (Å²) in [5.41, 5.74) is 4.64. The Balaban J connectivity index is 1.54. The molecule has 5 rings (SSSR count). The van der Waals surface area contributed by atoms with Gasteiger partial charge in [-0.2, -0.15) is 4.98 Å². The number of furan rings is 1. The molecule has 35 heavy (non-hydrogen) atoms. The number of phenolic OH excluding ortho intramolecular Hbond substituents is 1. The summed E-state index contributed by atoms with van der Waals surface area (Å²) in [4.78, 5) is 9.54. The average Bonchev–Trinajstić information content (AvgIpc) is 3.27. The SMILES string of the molecule is CCCCC(CC)COc1cc(-c2ccc3oc4c(c3c2)CCCC4)nc(-c2ccccc2O)n1. The quantitative estimate of drug-likeness (QED) is 0.271. The van der Waals surface area contributed by atoms with Crippen molar-refractivity contribution >= 4 is 11.0 Å². The van der Waals surface area contributed by atoms with Crippen molar-refractivity contribution in [1.82, 2.24) is 9.97 Å². The molecular formula is C30H34N2O3. The van der Waals surface area contributed by atoms with E-state index in [1.165, 1.54) is 36.6 Å². The molecule has 4 aromatic rings. The second kappa shape index (κ2) is 10.5. The van der Waals surface area contributed by atoms with Gasteiger partial charge in [-0.3, -0.25) is 0 Å². The Morgan fingerprint density at radius 1 is 1.03 bits per heavy atom. The number of ether oxygens (including phenoxy) is 1. The lowest BCUT2D eigenvalue weighted by atomic mass is 9.95. The standard InChI is InChI=1S/C30H34N2O3/c1-3-5-10-20(4-2)19-34-29-18-25(31-30(32-29)23-12-6-8-13-26(23)33)21-15-16-28-24(17-21)22-11-7-9-14-27(22)35-28/h6,8,12-13,15-18,20,33H,3-5,7,9-11,14,19H2,1-2H3.